The molecule has 1 N–H and O–H groups in total. The molecular weight excluding hydrogens is 242 g/mol. The van der Waals surface area contributed by atoms with Crippen LogP contribution in [0.5, 0.6) is 0 Å². The molecule has 0 aromatic carbocycles. The summed E-state index contributed by atoms with van der Waals surface area (Å²) < 4.78 is 0. The molecule has 18 heavy (non-hydrogen) atoms. The fourth-order valence-electron chi connectivity index (χ4n) is 3.39. The summed E-state index contributed by atoms with van der Waals surface area (Å²) in [6.07, 6.45) is 6.92. The molecule has 1 spiro atoms. The molecule has 1 aromatic rings. The fourth-order valence-corrected chi connectivity index (χ4v) is 3.94. The second-order valence-electron chi connectivity index (χ2n) is 5.96. The van der Waals surface area contributed by atoms with Crippen LogP contribution in [0.2, 0.25) is 0 Å². The lowest BCUT2D eigenvalue weighted by Crippen LogP contribution is -2.63. The molecule has 2 aliphatic rings. The molecule has 2 fully saturated rings. The average Bonchev–Trinajstić information content (AvgIpc) is 2.88. The van der Waals surface area contributed by atoms with Crippen molar-refractivity contribution in [3.63, 3.8) is 0 Å². The van der Waals surface area contributed by atoms with Gasteiger partial charge < -0.3 is 5.32 Å². The van der Waals surface area contributed by atoms with Gasteiger partial charge in [-0.15, -0.1) is 11.3 Å². The Bertz CT molecular complexity index is 370. The highest BCUT2D eigenvalue weighted by Crippen LogP contribution is 2.32. The van der Waals surface area contributed by atoms with E-state index >= 15 is 0 Å². The van der Waals surface area contributed by atoms with Crippen molar-refractivity contribution in [3.05, 3.63) is 16.6 Å². The maximum Gasteiger partial charge on any atom is 0.0795 e. The van der Waals surface area contributed by atoms with Gasteiger partial charge in [-0.05, 0) is 19.8 Å². The molecule has 1 saturated heterocycles. The van der Waals surface area contributed by atoms with Crippen LogP contribution in [-0.4, -0.2) is 34.6 Å². The third-order valence-corrected chi connectivity index (χ3v) is 5.20. The monoisotopic (exact) mass is 265 g/mol. The Labute approximate surface area is 114 Å². The van der Waals surface area contributed by atoms with Crippen LogP contribution < -0.4 is 5.32 Å². The lowest BCUT2D eigenvalue weighted by atomic mass is 9.79. The SMILES string of the molecule is CC1CNC2(CCCCC2)CN1Cc1cscn1. The normalized spacial score (nSPS) is 28.6. The first-order valence-electron chi connectivity index (χ1n) is 7.14. The van der Waals surface area contributed by atoms with Gasteiger partial charge >= 0.3 is 0 Å². The summed E-state index contributed by atoms with van der Waals surface area (Å²) in [5.74, 6) is 0. The van der Waals surface area contributed by atoms with Crippen molar-refractivity contribution in [2.24, 2.45) is 0 Å². The summed E-state index contributed by atoms with van der Waals surface area (Å²) in [6, 6.07) is 0.624. The third-order valence-electron chi connectivity index (χ3n) is 4.56. The van der Waals surface area contributed by atoms with Crippen LogP contribution in [-0.2, 0) is 6.54 Å². The third kappa shape index (κ3) is 2.60. The molecule has 1 aliphatic heterocycles. The van der Waals surface area contributed by atoms with Crippen LogP contribution in [0.4, 0.5) is 0 Å². The maximum absolute atomic E-state index is 4.43. The van der Waals surface area contributed by atoms with Gasteiger partial charge in [0.2, 0.25) is 0 Å². The molecule has 0 bridgehead atoms. The largest absolute Gasteiger partial charge is 0.308 e. The van der Waals surface area contributed by atoms with E-state index in [-0.39, 0.29) is 0 Å². The minimum atomic E-state index is 0.404. The molecule has 3 nitrogen and oxygen atoms in total. The van der Waals surface area contributed by atoms with Gasteiger partial charge in [-0.25, -0.2) is 4.98 Å². The Morgan fingerprint density at radius 3 is 3.00 bits per heavy atom. The van der Waals surface area contributed by atoms with Crippen LogP contribution in [0.15, 0.2) is 10.9 Å². The summed E-state index contributed by atoms with van der Waals surface area (Å²) in [5.41, 5.74) is 3.58. The van der Waals surface area contributed by atoms with Crippen molar-refractivity contribution < 1.29 is 0 Å². The molecule has 0 amide bonds. The van der Waals surface area contributed by atoms with E-state index in [4.69, 9.17) is 0 Å². The Hall–Kier alpha value is -0.450. The highest BCUT2D eigenvalue weighted by molar-refractivity contribution is 7.07. The van der Waals surface area contributed by atoms with Crippen LogP contribution in [0.1, 0.15) is 44.7 Å². The Morgan fingerprint density at radius 2 is 2.28 bits per heavy atom. The quantitative estimate of drug-likeness (QED) is 0.891. The molecule has 1 atom stereocenters. The minimum Gasteiger partial charge on any atom is -0.308 e. The van der Waals surface area contributed by atoms with Gasteiger partial charge in [0.15, 0.2) is 0 Å². The molecule has 0 radical (unpaired) electrons. The zero-order valence-corrected chi connectivity index (χ0v) is 12.0. The van der Waals surface area contributed by atoms with Crippen molar-refractivity contribution >= 4 is 11.3 Å². The highest BCUT2D eigenvalue weighted by atomic mass is 32.1. The standard InChI is InChI=1S/C14H23N3S/c1-12-7-16-14(5-3-2-4-6-14)10-17(12)8-13-9-18-11-15-13/h9,11-12,16H,2-8,10H2,1H3. The molecule has 1 aromatic heterocycles. The Balaban J connectivity index is 1.68. The van der Waals surface area contributed by atoms with Crippen molar-refractivity contribution in [1.29, 1.82) is 0 Å². The van der Waals surface area contributed by atoms with E-state index in [1.54, 1.807) is 11.3 Å². The summed E-state index contributed by atoms with van der Waals surface area (Å²) in [7, 11) is 0. The molecule has 2 heterocycles. The summed E-state index contributed by atoms with van der Waals surface area (Å²) in [4.78, 5) is 7.06. The fraction of sp³-hybridized carbons (Fsp3) is 0.786. The van der Waals surface area contributed by atoms with E-state index in [0.717, 1.165) is 13.1 Å². The minimum absolute atomic E-state index is 0.404. The highest BCUT2D eigenvalue weighted by Gasteiger charge is 2.38. The maximum atomic E-state index is 4.43. The van der Waals surface area contributed by atoms with E-state index < -0.39 is 0 Å². The molecule has 3 rings (SSSR count). The van der Waals surface area contributed by atoms with Gasteiger partial charge in [-0.1, -0.05) is 19.3 Å². The van der Waals surface area contributed by atoms with Crippen LogP contribution >= 0.6 is 11.3 Å². The number of piperazine rings is 1. The first-order chi connectivity index (χ1) is 8.77. The molecule has 4 heteroatoms. The summed E-state index contributed by atoms with van der Waals surface area (Å²) >= 11 is 1.70. The van der Waals surface area contributed by atoms with Crippen LogP contribution in [0, 0.1) is 0 Å². The lowest BCUT2D eigenvalue weighted by molar-refractivity contribution is 0.0565. The first-order valence-corrected chi connectivity index (χ1v) is 8.08. The predicted molar refractivity (Wildman–Crippen MR) is 75.8 cm³/mol. The van der Waals surface area contributed by atoms with Gasteiger partial charge in [0, 0.05) is 36.6 Å². The Kier molecular flexibility index (Phi) is 3.68. The number of hydrogen-bond donors (Lipinski definition) is 1. The molecule has 1 saturated carbocycles. The Morgan fingerprint density at radius 1 is 1.44 bits per heavy atom. The van der Waals surface area contributed by atoms with E-state index in [1.165, 1.54) is 44.3 Å². The van der Waals surface area contributed by atoms with Crippen LogP contribution in [0.25, 0.3) is 0 Å². The van der Waals surface area contributed by atoms with Gasteiger partial charge in [0.1, 0.15) is 0 Å². The van der Waals surface area contributed by atoms with Gasteiger partial charge in [-0.3, -0.25) is 4.90 Å². The van der Waals surface area contributed by atoms with Gasteiger partial charge in [0.25, 0.3) is 0 Å². The van der Waals surface area contributed by atoms with Crippen molar-refractivity contribution in [2.45, 2.75) is 57.2 Å². The first kappa shape index (κ1) is 12.6. The average molecular weight is 265 g/mol. The van der Waals surface area contributed by atoms with Crippen LogP contribution in [0.3, 0.4) is 0 Å². The van der Waals surface area contributed by atoms with Crippen molar-refractivity contribution in [3.8, 4) is 0 Å². The number of thiazole rings is 1. The molecule has 1 unspecified atom stereocenters. The topological polar surface area (TPSA) is 28.2 Å². The second-order valence-corrected chi connectivity index (χ2v) is 6.67. The summed E-state index contributed by atoms with van der Waals surface area (Å²) in [5, 5.41) is 6.02. The number of nitrogens with one attached hydrogen (secondary N) is 1. The molecule has 100 valence electrons. The predicted octanol–water partition coefficient (Wildman–Crippen LogP) is 2.64. The smallest absolute Gasteiger partial charge is 0.0795 e. The lowest BCUT2D eigenvalue weighted by Gasteiger charge is -2.48. The molecular formula is C14H23N3S. The van der Waals surface area contributed by atoms with Crippen molar-refractivity contribution in [1.82, 2.24) is 15.2 Å². The van der Waals surface area contributed by atoms with E-state index in [1.807, 2.05) is 5.51 Å². The van der Waals surface area contributed by atoms with E-state index in [0.29, 0.717) is 11.6 Å². The second kappa shape index (κ2) is 5.27. The van der Waals surface area contributed by atoms with Crippen molar-refractivity contribution in [2.75, 3.05) is 13.1 Å². The number of hydrogen-bond acceptors (Lipinski definition) is 4. The van der Waals surface area contributed by atoms with Gasteiger partial charge in [0.05, 0.1) is 11.2 Å². The van der Waals surface area contributed by atoms with E-state index in [9.17, 15) is 0 Å². The van der Waals surface area contributed by atoms with E-state index in [2.05, 4.69) is 27.5 Å². The number of rotatable bonds is 2. The zero-order valence-electron chi connectivity index (χ0n) is 11.2. The zero-order chi connectivity index (χ0) is 12.4. The molecule has 1 aliphatic carbocycles. The summed E-state index contributed by atoms with van der Waals surface area (Å²) in [6.45, 7) is 5.68. The number of nitrogens with zero attached hydrogens (tertiary/aromatic N) is 2. The van der Waals surface area contributed by atoms with Gasteiger partial charge in [-0.2, -0.15) is 0 Å². The number of aromatic nitrogens is 1.